The molecule has 17 heavy (non-hydrogen) atoms. The van der Waals surface area contributed by atoms with Crippen molar-refractivity contribution in [1.82, 2.24) is 0 Å². The van der Waals surface area contributed by atoms with E-state index >= 15 is 0 Å². The van der Waals surface area contributed by atoms with Crippen molar-refractivity contribution in [2.24, 2.45) is 11.7 Å². The first-order chi connectivity index (χ1) is 8.08. The van der Waals surface area contributed by atoms with Crippen LogP contribution >= 0.6 is 11.6 Å². The maximum Gasteiger partial charge on any atom is 0.167 e. The van der Waals surface area contributed by atoms with E-state index in [0.29, 0.717) is 10.6 Å². The van der Waals surface area contributed by atoms with Crippen molar-refractivity contribution in [3.63, 3.8) is 0 Å². The number of halogens is 2. The molecule has 0 unspecified atom stereocenters. The summed E-state index contributed by atoms with van der Waals surface area (Å²) in [7, 11) is 0. The van der Waals surface area contributed by atoms with Crippen molar-refractivity contribution in [1.29, 1.82) is 0 Å². The van der Waals surface area contributed by atoms with Crippen LogP contribution in [0.5, 0.6) is 0 Å². The Kier molecular flexibility index (Phi) is 3.79. The number of carbonyl (C=O) groups is 1. The quantitative estimate of drug-likeness (QED) is 0.825. The highest BCUT2D eigenvalue weighted by atomic mass is 35.5. The molecule has 0 aromatic heterocycles. The van der Waals surface area contributed by atoms with Gasteiger partial charge < -0.3 is 5.73 Å². The number of Topliss-reactive ketones (excluding diaryl/α,β-unsaturated/α-hetero) is 1. The third kappa shape index (κ3) is 2.85. The predicted octanol–water partition coefficient (Wildman–Crippen LogP) is 3.18. The number of rotatable bonds is 2. The molecule has 1 saturated carbocycles. The van der Waals surface area contributed by atoms with Gasteiger partial charge in [-0.05, 0) is 43.9 Å². The second-order valence-corrected chi connectivity index (χ2v) is 5.01. The number of ketones is 1. The SMILES string of the molecule is NC1CCC(C(=O)c2cc(F)ccc2Cl)CC1. The summed E-state index contributed by atoms with van der Waals surface area (Å²) in [6, 6.07) is 4.11. The molecule has 1 aromatic rings. The highest BCUT2D eigenvalue weighted by molar-refractivity contribution is 6.34. The molecule has 2 nitrogen and oxygen atoms in total. The summed E-state index contributed by atoms with van der Waals surface area (Å²) in [6.45, 7) is 0. The van der Waals surface area contributed by atoms with Crippen LogP contribution in [0.3, 0.4) is 0 Å². The molecule has 1 aromatic carbocycles. The molecule has 0 saturated heterocycles. The molecular weight excluding hydrogens is 241 g/mol. The van der Waals surface area contributed by atoms with Gasteiger partial charge >= 0.3 is 0 Å². The van der Waals surface area contributed by atoms with Gasteiger partial charge in [-0.2, -0.15) is 0 Å². The number of carbonyl (C=O) groups excluding carboxylic acids is 1. The van der Waals surface area contributed by atoms with Crippen molar-refractivity contribution in [3.8, 4) is 0 Å². The summed E-state index contributed by atoms with van der Waals surface area (Å²) in [5.74, 6) is -0.541. The Labute approximate surface area is 105 Å². The van der Waals surface area contributed by atoms with Crippen LogP contribution < -0.4 is 5.73 Å². The summed E-state index contributed by atoms with van der Waals surface area (Å²) >= 11 is 5.93. The topological polar surface area (TPSA) is 43.1 Å². The average Bonchev–Trinajstić information content (AvgIpc) is 2.32. The van der Waals surface area contributed by atoms with Gasteiger partial charge in [0.2, 0.25) is 0 Å². The van der Waals surface area contributed by atoms with Crippen LogP contribution in [-0.2, 0) is 0 Å². The maximum absolute atomic E-state index is 13.1. The molecule has 0 heterocycles. The lowest BCUT2D eigenvalue weighted by Crippen LogP contribution is -2.30. The van der Waals surface area contributed by atoms with E-state index in [2.05, 4.69) is 0 Å². The zero-order chi connectivity index (χ0) is 12.4. The van der Waals surface area contributed by atoms with Crippen LogP contribution in [-0.4, -0.2) is 11.8 Å². The van der Waals surface area contributed by atoms with E-state index < -0.39 is 5.82 Å². The third-order valence-corrected chi connectivity index (χ3v) is 3.67. The van der Waals surface area contributed by atoms with Gasteiger partial charge in [-0.25, -0.2) is 4.39 Å². The molecule has 0 aliphatic heterocycles. The number of hydrogen-bond donors (Lipinski definition) is 1. The summed E-state index contributed by atoms with van der Waals surface area (Å²) in [4.78, 5) is 12.2. The summed E-state index contributed by atoms with van der Waals surface area (Å²) in [6.07, 6.45) is 3.24. The Morgan fingerprint density at radius 2 is 1.94 bits per heavy atom. The molecule has 2 N–H and O–H groups in total. The Balaban J connectivity index is 2.16. The smallest absolute Gasteiger partial charge is 0.167 e. The maximum atomic E-state index is 13.1. The molecule has 1 aliphatic rings. The Hall–Kier alpha value is -0.930. The minimum Gasteiger partial charge on any atom is -0.328 e. The predicted molar refractivity (Wildman–Crippen MR) is 65.7 cm³/mol. The first kappa shape index (κ1) is 12.5. The minimum atomic E-state index is -0.426. The Morgan fingerprint density at radius 1 is 1.29 bits per heavy atom. The van der Waals surface area contributed by atoms with Gasteiger partial charge in [0, 0.05) is 17.5 Å². The average molecular weight is 256 g/mol. The van der Waals surface area contributed by atoms with Gasteiger partial charge in [0.25, 0.3) is 0 Å². The number of nitrogens with two attached hydrogens (primary N) is 1. The largest absolute Gasteiger partial charge is 0.328 e. The zero-order valence-electron chi connectivity index (χ0n) is 9.46. The Morgan fingerprint density at radius 3 is 2.59 bits per heavy atom. The normalized spacial score (nSPS) is 24.6. The number of hydrogen-bond acceptors (Lipinski definition) is 2. The molecule has 0 atom stereocenters. The molecule has 0 spiro atoms. The molecule has 0 bridgehead atoms. The van der Waals surface area contributed by atoms with Crippen molar-refractivity contribution in [2.75, 3.05) is 0 Å². The lowest BCUT2D eigenvalue weighted by molar-refractivity contribution is 0.0884. The Bertz CT molecular complexity index is 427. The summed E-state index contributed by atoms with van der Waals surface area (Å²) in [5, 5.41) is 0.325. The van der Waals surface area contributed by atoms with Crippen LogP contribution in [0.25, 0.3) is 0 Å². The van der Waals surface area contributed by atoms with E-state index in [0.717, 1.165) is 25.7 Å². The molecule has 0 amide bonds. The minimum absolute atomic E-state index is 0.0543. The van der Waals surface area contributed by atoms with Crippen LogP contribution in [0.15, 0.2) is 18.2 Å². The van der Waals surface area contributed by atoms with Crippen molar-refractivity contribution >= 4 is 17.4 Å². The first-order valence-corrected chi connectivity index (χ1v) is 6.20. The van der Waals surface area contributed by atoms with Crippen LogP contribution in [0.2, 0.25) is 5.02 Å². The van der Waals surface area contributed by atoms with Gasteiger partial charge in [0.1, 0.15) is 5.82 Å². The summed E-state index contributed by atoms with van der Waals surface area (Å²) < 4.78 is 13.1. The molecule has 92 valence electrons. The number of benzene rings is 1. The molecule has 0 radical (unpaired) electrons. The van der Waals surface area contributed by atoms with E-state index in [1.807, 2.05) is 0 Å². The van der Waals surface area contributed by atoms with Crippen molar-refractivity contribution in [2.45, 2.75) is 31.7 Å². The second-order valence-electron chi connectivity index (χ2n) is 4.60. The van der Waals surface area contributed by atoms with E-state index in [-0.39, 0.29) is 17.7 Å². The molecular formula is C13H15ClFNO. The fourth-order valence-corrected chi connectivity index (χ4v) is 2.50. The van der Waals surface area contributed by atoms with Crippen LogP contribution in [0.1, 0.15) is 36.0 Å². The second kappa shape index (κ2) is 5.15. The van der Waals surface area contributed by atoms with Gasteiger partial charge in [-0.1, -0.05) is 11.6 Å². The first-order valence-electron chi connectivity index (χ1n) is 5.83. The van der Waals surface area contributed by atoms with E-state index in [1.54, 1.807) is 0 Å². The fourth-order valence-electron chi connectivity index (χ4n) is 2.29. The van der Waals surface area contributed by atoms with Gasteiger partial charge in [0.15, 0.2) is 5.78 Å². The van der Waals surface area contributed by atoms with Crippen LogP contribution in [0, 0.1) is 11.7 Å². The molecule has 4 heteroatoms. The van der Waals surface area contributed by atoms with Crippen LogP contribution in [0.4, 0.5) is 4.39 Å². The zero-order valence-corrected chi connectivity index (χ0v) is 10.2. The standard InChI is InChI=1S/C13H15ClFNO/c14-12-6-3-9(15)7-11(12)13(17)8-1-4-10(16)5-2-8/h3,6-8,10H,1-2,4-5,16H2. The molecule has 1 fully saturated rings. The van der Waals surface area contributed by atoms with Gasteiger partial charge in [-0.3, -0.25) is 4.79 Å². The van der Waals surface area contributed by atoms with Gasteiger partial charge in [-0.15, -0.1) is 0 Å². The fraction of sp³-hybridized carbons (Fsp3) is 0.462. The monoisotopic (exact) mass is 255 g/mol. The molecule has 2 rings (SSSR count). The molecule has 1 aliphatic carbocycles. The highest BCUT2D eigenvalue weighted by Gasteiger charge is 2.26. The lowest BCUT2D eigenvalue weighted by Gasteiger charge is -2.25. The van der Waals surface area contributed by atoms with Crippen molar-refractivity contribution < 1.29 is 9.18 Å². The lowest BCUT2D eigenvalue weighted by atomic mass is 9.82. The van der Waals surface area contributed by atoms with E-state index in [9.17, 15) is 9.18 Å². The van der Waals surface area contributed by atoms with Gasteiger partial charge in [0.05, 0.1) is 5.02 Å². The summed E-state index contributed by atoms with van der Waals surface area (Å²) in [5.41, 5.74) is 6.09. The van der Waals surface area contributed by atoms with Crippen molar-refractivity contribution in [3.05, 3.63) is 34.6 Å². The third-order valence-electron chi connectivity index (χ3n) is 3.34. The highest BCUT2D eigenvalue weighted by Crippen LogP contribution is 2.29. The van der Waals surface area contributed by atoms with E-state index in [4.69, 9.17) is 17.3 Å². The van der Waals surface area contributed by atoms with E-state index in [1.165, 1.54) is 18.2 Å².